The molecule has 0 atom stereocenters. The SMILES string of the molecule is COc1ccc(Br)cc1C(=O)N/N=C\c1ccc(-c2ccc(Br)cc2)o1. The van der Waals surface area contributed by atoms with E-state index in [-0.39, 0.29) is 5.91 Å². The van der Waals surface area contributed by atoms with Gasteiger partial charge in [0.25, 0.3) is 5.91 Å². The third-order valence-corrected chi connectivity index (χ3v) is 4.54. The maximum atomic E-state index is 12.3. The van der Waals surface area contributed by atoms with E-state index in [0.29, 0.717) is 17.1 Å². The number of carbonyl (C=O) groups excluding carboxylic acids is 1. The van der Waals surface area contributed by atoms with Crippen LogP contribution >= 0.6 is 31.9 Å². The van der Waals surface area contributed by atoms with Crippen LogP contribution in [0.25, 0.3) is 11.3 Å². The van der Waals surface area contributed by atoms with Crippen LogP contribution in [0, 0.1) is 0 Å². The summed E-state index contributed by atoms with van der Waals surface area (Å²) in [6.45, 7) is 0. The molecule has 1 heterocycles. The van der Waals surface area contributed by atoms with Crippen molar-refractivity contribution in [1.82, 2.24) is 5.43 Å². The molecular formula is C19H14Br2N2O3. The van der Waals surface area contributed by atoms with E-state index in [1.165, 1.54) is 13.3 Å². The monoisotopic (exact) mass is 476 g/mol. The number of hydrogen-bond acceptors (Lipinski definition) is 4. The molecule has 1 N–H and O–H groups in total. The number of furan rings is 1. The lowest BCUT2D eigenvalue weighted by Gasteiger charge is -2.07. The van der Waals surface area contributed by atoms with Gasteiger partial charge in [-0.05, 0) is 42.5 Å². The number of nitrogens with one attached hydrogen (secondary N) is 1. The van der Waals surface area contributed by atoms with Gasteiger partial charge in [0.15, 0.2) is 0 Å². The largest absolute Gasteiger partial charge is 0.496 e. The molecule has 2 aromatic carbocycles. The van der Waals surface area contributed by atoms with E-state index in [1.807, 2.05) is 30.3 Å². The van der Waals surface area contributed by atoms with Gasteiger partial charge in [-0.3, -0.25) is 4.79 Å². The molecule has 3 rings (SSSR count). The van der Waals surface area contributed by atoms with Gasteiger partial charge in [0.1, 0.15) is 17.3 Å². The molecule has 0 fully saturated rings. The lowest BCUT2D eigenvalue weighted by molar-refractivity contribution is 0.0952. The molecule has 0 aliphatic carbocycles. The average molecular weight is 478 g/mol. The second-order valence-electron chi connectivity index (χ2n) is 5.25. The normalized spacial score (nSPS) is 10.9. The van der Waals surface area contributed by atoms with Crippen molar-refractivity contribution in [3.63, 3.8) is 0 Å². The van der Waals surface area contributed by atoms with E-state index in [0.717, 1.165) is 20.3 Å². The van der Waals surface area contributed by atoms with Crippen molar-refractivity contribution in [3.05, 3.63) is 74.9 Å². The lowest BCUT2D eigenvalue weighted by atomic mass is 10.2. The zero-order valence-electron chi connectivity index (χ0n) is 13.7. The zero-order chi connectivity index (χ0) is 18.5. The molecule has 26 heavy (non-hydrogen) atoms. The molecular weight excluding hydrogens is 464 g/mol. The fourth-order valence-electron chi connectivity index (χ4n) is 2.26. The Bertz CT molecular complexity index is 950. The van der Waals surface area contributed by atoms with E-state index in [1.54, 1.807) is 24.3 Å². The number of halogens is 2. The molecule has 0 aliphatic rings. The lowest BCUT2D eigenvalue weighted by Crippen LogP contribution is -2.18. The highest BCUT2D eigenvalue weighted by Crippen LogP contribution is 2.24. The molecule has 0 spiro atoms. The number of carbonyl (C=O) groups is 1. The second-order valence-corrected chi connectivity index (χ2v) is 7.08. The molecule has 0 bridgehead atoms. The molecule has 5 nitrogen and oxygen atoms in total. The van der Waals surface area contributed by atoms with Crippen molar-refractivity contribution in [2.24, 2.45) is 5.10 Å². The Hall–Kier alpha value is -2.38. The van der Waals surface area contributed by atoms with Crippen molar-refractivity contribution < 1.29 is 13.9 Å². The quantitative estimate of drug-likeness (QED) is 0.403. The number of amides is 1. The van der Waals surface area contributed by atoms with Crippen molar-refractivity contribution in [2.75, 3.05) is 7.11 Å². The van der Waals surface area contributed by atoms with E-state index in [4.69, 9.17) is 9.15 Å². The summed E-state index contributed by atoms with van der Waals surface area (Å²) in [4.78, 5) is 12.3. The first-order chi connectivity index (χ1) is 12.6. The predicted octanol–water partition coefficient (Wildman–Crippen LogP) is 5.24. The Kier molecular flexibility index (Phi) is 5.90. The first-order valence-electron chi connectivity index (χ1n) is 7.59. The molecule has 0 radical (unpaired) electrons. The number of nitrogens with zero attached hydrogens (tertiary/aromatic N) is 1. The highest BCUT2D eigenvalue weighted by atomic mass is 79.9. The van der Waals surface area contributed by atoms with Crippen molar-refractivity contribution >= 4 is 44.0 Å². The smallest absolute Gasteiger partial charge is 0.275 e. The summed E-state index contributed by atoms with van der Waals surface area (Å²) in [6, 6.07) is 16.6. The summed E-state index contributed by atoms with van der Waals surface area (Å²) in [7, 11) is 1.51. The maximum absolute atomic E-state index is 12.3. The van der Waals surface area contributed by atoms with Gasteiger partial charge >= 0.3 is 0 Å². The van der Waals surface area contributed by atoms with Crippen molar-refractivity contribution in [2.45, 2.75) is 0 Å². The molecule has 132 valence electrons. The number of hydrazone groups is 1. The van der Waals surface area contributed by atoms with Gasteiger partial charge in [-0.2, -0.15) is 5.10 Å². The first-order valence-corrected chi connectivity index (χ1v) is 9.18. The van der Waals surface area contributed by atoms with Gasteiger partial charge in [-0.1, -0.05) is 44.0 Å². The van der Waals surface area contributed by atoms with Crippen LogP contribution in [0.5, 0.6) is 5.75 Å². The number of benzene rings is 2. The van der Waals surface area contributed by atoms with Gasteiger partial charge in [0.2, 0.25) is 0 Å². The molecule has 1 amide bonds. The molecule has 0 aliphatic heterocycles. The summed E-state index contributed by atoms with van der Waals surface area (Å²) in [5, 5.41) is 3.95. The van der Waals surface area contributed by atoms with Gasteiger partial charge < -0.3 is 9.15 Å². The fourth-order valence-corrected chi connectivity index (χ4v) is 2.89. The van der Waals surface area contributed by atoms with Gasteiger partial charge in [-0.25, -0.2) is 5.43 Å². The number of ether oxygens (including phenoxy) is 1. The Morgan fingerprint density at radius 3 is 2.54 bits per heavy atom. The summed E-state index contributed by atoms with van der Waals surface area (Å²) in [5.74, 6) is 1.35. The molecule has 7 heteroatoms. The van der Waals surface area contributed by atoms with Crippen LogP contribution in [0.2, 0.25) is 0 Å². The maximum Gasteiger partial charge on any atom is 0.275 e. The number of methoxy groups -OCH3 is 1. The predicted molar refractivity (Wildman–Crippen MR) is 108 cm³/mol. The third-order valence-electron chi connectivity index (χ3n) is 3.52. The topological polar surface area (TPSA) is 63.8 Å². The third kappa shape index (κ3) is 4.42. The minimum atomic E-state index is -0.376. The van der Waals surface area contributed by atoms with Crippen molar-refractivity contribution in [3.8, 4) is 17.1 Å². The van der Waals surface area contributed by atoms with Crippen LogP contribution in [-0.4, -0.2) is 19.2 Å². The molecule has 0 saturated heterocycles. The van der Waals surface area contributed by atoms with Crippen LogP contribution in [0.15, 0.2) is 73.1 Å². The Balaban J connectivity index is 1.68. The molecule has 0 saturated carbocycles. The van der Waals surface area contributed by atoms with E-state index in [9.17, 15) is 4.79 Å². The van der Waals surface area contributed by atoms with Gasteiger partial charge in [-0.15, -0.1) is 0 Å². The summed E-state index contributed by atoms with van der Waals surface area (Å²) >= 11 is 6.74. The van der Waals surface area contributed by atoms with E-state index >= 15 is 0 Å². The zero-order valence-corrected chi connectivity index (χ0v) is 16.9. The average Bonchev–Trinajstić information content (AvgIpc) is 3.11. The fraction of sp³-hybridized carbons (Fsp3) is 0.0526. The Morgan fingerprint density at radius 2 is 1.81 bits per heavy atom. The number of rotatable bonds is 5. The van der Waals surface area contributed by atoms with E-state index < -0.39 is 0 Å². The highest BCUT2D eigenvalue weighted by Gasteiger charge is 2.12. The summed E-state index contributed by atoms with van der Waals surface area (Å²) in [5.41, 5.74) is 3.81. The van der Waals surface area contributed by atoms with E-state index in [2.05, 4.69) is 42.4 Å². The van der Waals surface area contributed by atoms with Crippen LogP contribution in [0.1, 0.15) is 16.1 Å². The minimum absolute atomic E-state index is 0.376. The molecule has 1 aromatic heterocycles. The van der Waals surface area contributed by atoms with Crippen LogP contribution in [0.4, 0.5) is 0 Å². The Labute approximate surface area is 167 Å². The number of hydrogen-bond donors (Lipinski definition) is 1. The highest BCUT2D eigenvalue weighted by molar-refractivity contribution is 9.10. The van der Waals surface area contributed by atoms with Crippen LogP contribution < -0.4 is 10.2 Å². The molecule has 3 aromatic rings. The molecule has 0 unspecified atom stereocenters. The standard InChI is InChI=1S/C19H14Br2N2O3/c1-25-18-8-6-14(21)10-16(18)19(24)23-22-11-15-7-9-17(26-15)12-2-4-13(20)5-3-12/h2-11H,1H3,(H,23,24)/b22-11-. The van der Waals surface area contributed by atoms with Crippen LogP contribution in [0.3, 0.4) is 0 Å². The van der Waals surface area contributed by atoms with Crippen LogP contribution in [-0.2, 0) is 0 Å². The summed E-state index contributed by atoms with van der Waals surface area (Å²) < 4.78 is 12.7. The second kappa shape index (κ2) is 8.33. The summed E-state index contributed by atoms with van der Waals surface area (Å²) in [6.07, 6.45) is 1.45. The first kappa shape index (κ1) is 18.4. The Morgan fingerprint density at radius 1 is 1.08 bits per heavy atom. The van der Waals surface area contributed by atoms with Gasteiger partial charge in [0, 0.05) is 14.5 Å². The minimum Gasteiger partial charge on any atom is -0.496 e. The van der Waals surface area contributed by atoms with Gasteiger partial charge in [0.05, 0.1) is 18.9 Å². The van der Waals surface area contributed by atoms with Crippen molar-refractivity contribution in [1.29, 1.82) is 0 Å².